The molecule has 1 saturated heterocycles. The molecule has 0 N–H and O–H groups in total. The van der Waals surface area contributed by atoms with Crippen LogP contribution in [0.25, 0.3) is 20.7 Å². The molecule has 1 aliphatic rings. The van der Waals surface area contributed by atoms with Gasteiger partial charge in [-0.1, -0.05) is 6.07 Å². The number of anilines is 1. The highest BCUT2D eigenvalue weighted by Crippen LogP contribution is 2.39. The monoisotopic (exact) mass is 376 g/mol. The standard InChI is InChI=1S/C17H20N4O2S2/c1-20(22-2)16-15-12(13-4-3-9-24-13)11-25-17(15)19-14(18-16)10-21-5-7-23-8-6-21/h3-4,9,11H,5-8,10H2,1-2H3. The maximum Gasteiger partial charge on any atom is 0.165 e. The van der Waals surface area contributed by atoms with Crippen LogP contribution >= 0.6 is 22.7 Å². The third-order valence-corrected chi connectivity index (χ3v) is 6.06. The lowest BCUT2D eigenvalue weighted by Gasteiger charge is -2.26. The van der Waals surface area contributed by atoms with Crippen LogP contribution in [-0.2, 0) is 16.1 Å². The van der Waals surface area contributed by atoms with E-state index in [0.717, 1.165) is 54.7 Å². The van der Waals surface area contributed by atoms with Gasteiger partial charge in [0, 0.05) is 36.0 Å². The molecule has 0 spiro atoms. The summed E-state index contributed by atoms with van der Waals surface area (Å²) in [7, 11) is 3.54. The molecule has 8 heteroatoms. The number of thiophene rings is 2. The summed E-state index contributed by atoms with van der Waals surface area (Å²) < 4.78 is 5.42. The number of morpholine rings is 1. The SMILES string of the molecule is CON(C)c1nc(CN2CCOCC2)nc2scc(-c3cccs3)c12. The van der Waals surface area contributed by atoms with Crippen molar-refractivity contribution in [1.29, 1.82) is 0 Å². The molecule has 25 heavy (non-hydrogen) atoms. The maximum absolute atomic E-state index is 5.45. The van der Waals surface area contributed by atoms with Crippen LogP contribution in [0, 0.1) is 0 Å². The van der Waals surface area contributed by atoms with Crippen LogP contribution < -0.4 is 5.06 Å². The molecule has 0 aromatic carbocycles. The van der Waals surface area contributed by atoms with Crippen LogP contribution in [0.2, 0.25) is 0 Å². The van der Waals surface area contributed by atoms with Crippen molar-refractivity contribution in [3.05, 3.63) is 28.7 Å². The Labute approximate surface area is 154 Å². The first-order chi connectivity index (χ1) is 12.3. The van der Waals surface area contributed by atoms with Gasteiger partial charge in [-0.3, -0.25) is 9.74 Å². The molecular formula is C17H20N4O2S2. The van der Waals surface area contributed by atoms with Crippen molar-refractivity contribution >= 4 is 38.7 Å². The number of hydrogen-bond donors (Lipinski definition) is 0. The average molecular weight is 377 g/mol. The van der Waals surface area contributed by atoms with Gasteiger partial charge in [0.25, 0.3) is 0 Å². The molecule has 0 atom stereocenters. The lowest BCUT2D eigenvalue weighted by atomic mass is 10.2. The number of hydrogen-bond acceptors (Lipinski definition) is 8. The van der Waals surface area contributed by atoms with Crippen molar-refractivity contribution in [2.45, 2.75) is 6.54 Å². The average Bonchev–Trinajstić information content (AvgIpc) is 3.30. The van der Waals surface area contributed by atoms with E-state index >= 15 is 0 Å². The van der Waals surface area contributed by atoms with Crippen molar-refractivity contribution in [2.24, 2.45) is 0 Å². The van der Waals surface area contributed by atoms with Gasteiger partial charge >= 0.3 is 0 Å². The fraction of sp³-hybridized carbons (Fsp3) is 0.412. The van der Waals surface area contributed by atoms with Crippen LogP contribution in [0.15, 0.2) is 22.9 Å². The number of fused-ring (bicyclic) bond motifs is 1. The predicted molar refractivity (Wildman–Crippen MR) is 102 cm³/mol. The fourth-order valence-electron chi connectivity index (χ4n) is 2.92. The Bertz CT molecular complexity index is 844. The molecule has 0 amide bonds. The van der Waals surface area contributed by atoms with E-state index in [2.05, 4.69) is 27.8 Å². The molecule has 132 valence electrons. The Kier molecular flexibility index (Phi) is 4.96. The van der Waals surface area contributed by atoms with Crippen LogP contribution in [0.3, 0.4) is 0 Å². The molecule has 0 aliphatic carbocycles. The van der Waals surface area contributed by atoms with Crippen LogP contribution in [0.4, 0.5) is 5.82 Å². The minimum absolute atomic E-state index is 0.732. The van der Waals surface area contributed by atoms with E-state index in [1.54, 1.807) is 34.8 Å². The third kappa shape index (κ3) is 3.40. The van der Waals surface area contributed by atoms with Gasteiger partial charge in [-0.05, 0) is 11.4 Å². The first kappa shape index (κ1) is 16.9. The van der Waals surface area contributed by atoms with Crippen molar-refractivity contribution < 1.29 is 9.57 Å². The molecule has 3 aromatic heterocycles. The van der Waals surface area contributed by atoms with E-state index in [-0.39, 0.29) is 0 Å². The van der Waals surface area contributed by atoms with E-state index in [1.807, 2.05) is 7.05 Å². The molecular weight excluding hydrogens is 356 g/mol. The summed E-state index contributed by atoms with van der Waals surface area (Å²) in [6.07, 6.45) is 0. The molecule has 1 aliphatic heterocycles. The number of rotatable bonds is 5. The normalized spacial score (nSPS) is 15.8. The summed E-state index contributed by atoms with van der Waals surface area (Å²) in [4.78, 5) is 19.7. The molecule has 6 nitrogen and oxygen atoms in total. The fourth-order valence-corrected chi connectivity index (χ4v) is 4.70. The highest BCUT2D eigenvalue weighted by Gasteiger charge is 2.20. The van der Waals surface area contributed by atoms with Crippen molar-refractivity contribution in [2.75, 3.05) is 45.5 Å². The molecule has 1 fully saturated rings. The van der Waals surface area contributed by atoms with Gasteiger partial charge in [-0.25, -0.2) is 15.0 Å². The van der Waals surface area contributed by atoms with E-state index in [0.29, 0.717) is 0 Å². The topological polar surface area (TPSA) is 50.7 Å². The molecule has 0 radical (unpaired) electrons. The minimum Gasteiger partial charge on any atom is -0.379 e. The second-order valence-corrected chi connectivity index (χ2v) is 7.64. The van der Waals surface area contributed by atoms with Crippen LogP contribution in [0.5, 0.6) is 0 Å². The summed E-state index contributed by atoms with van der Waals surface area (Å²) in [5.74, 6) is 1.65. The second kappa shape index (κ2) is 7.35. The Morgan fingerprint density at radius 1 is 1.28 bits per heavy atom. The summed E-state index contributed by atoms with van der Waals surface area (Å²) in [5, 5.41) is 7.03. The lowest BCUT2D eigenvalue weighted by Crippen LogP contribution is -2.36. The summed E-state index contributed by atoms with van der Waals surface area (Å²) in [6, 6.07) is 4.20. The van der Waals surface area contributed by atoms with Crippen molar-refractivity contribution in [3.8, 4) is 10.4 Å². The highest BCUT2D eigenvalue weighted by molar-refractivity contribution is 7.18. The number of hydroxylamine groups is 1. The van der Waals surface area contributed by atoms with E-state index in [1.165, 1.54) is 10.4 Å². The van der Waals surface area contributed by atoms with Gasteiger partial charge in [0.15, 0.2) is 5.82 Å². The zero-order valence-corrected chi connectivity index (χ0v) is 15.9. The van der Waals surface area contributed by atoms with Gasteiger partial charge in [0.05, 0.1) is 32.3 Å². The molecule has 3 aromatic rings. The third-order valence-electron chi connectivity index (χ3n) is 4.29. The zero-order chi connectivity index (χ0) is 17.2. The Hall–Kier alpha value is -1.58. The van der Waals surface area contributed by atoms with Crippen LogP contribution in [-0.4, -0.2) is 55.3 Å². The maximum atomic E-state index is 5.45. The van der Waals surface area contributed by atoms with Gasteiger partial charge in [-0.15, -0.1) is 22.7 Å². The summed E-state index contributed by atoms with van der Waals surface area (Å²) in [5.41, 5.74) is 1.17. The van der Waals surface area contributed by atoms with E-state index in [4.69, 9.17) is 19.5 Å². The van der Waals surface area contributed by atoms with E-state index < -0.39 is 0 Å². The molecule has 0 saturated carbocycles. The van der Waals surface area contributed by atoms with Crippen LogP contribution in [0.1, 0.15) is 5.82 Å². The van der Waals surface area contributed by atoms with Crippen molar-refractivity contribution in [1.82, 2.24) is 14.9 Å². The van der Waals surface area contributed by atoms with Gasteiger partial charge < -0.3 is 4.74 Å². The molecule has 0 bridgehead atoms. The Morgan fingerprint density at radius 3 is 2.84 bits per heavy atom. The first-order valence-corrected chi connectivity index (χ1v) is 9.92. The lowest BCUT2D eigenvalue weighted by molar-refractivity contribution is 0.0331. The predicted octanol–water partition coefficient (Wildman–Crippen LogP) is 3.25. The number of nitrogens with zero attached hydrogens (tertiary/aromatic N) is 4. The zero-order valence-electron chi connectivity index (χ0n) is 14.3. The Morgan fingerprint density at radius 2 is 2.12 bits per heavy atom. The van der Waals surface area contributed by atoms with E-state index in [9.17, 15) is 0 Å². The van der Waals surface area contributed by atoms with Gasteiger partial charge in [0.1, 0.15) is 10.7 Å². The second-order valence-electron chi connectivity index (χ2n) is 5.84. The van der Waals surface area contributed by atoms with Gasteiger partial charge in [0.2, 0.25) is 0 Å². The molecule has 4 rings (SSSR count). The number of ether oxygens (including phenoxy) is 1. The minimum atomic E-state index is 0.732. The Balaban J connectivity index is 1.77. The van der Waals surface area contributed by atoms with Crippen molar-refractivity contribution in [3.63, 3.8) is 0 Å². The molecule has 4 heterocycles. The highest BCUT2D eigenvalue weighted by atomic mass is 32.1. The smallest absolute Gasteiger partial charge is 0.165 e. The first-order valence-electron chi connectivity index (χ1n) is 8.16. The largest absolute Gasteiger partial charge is 0.379 e. The number of aromatic nitrogens is 2. The summed E-state index contributed by atoms with van der Waals surface area (Å²) in [6.45, 7) is 4.11. The molecule has 0 unspecified atom stereocenters. The summed E-state index contributed by atoms with van der Waals surface area (Å²) >= 11 is 3.39. The quantitative estimate of drug-likeness (QED) is 0.637. The van der Waals surface area contributed by atoms with Gasteiger partial charge in [-0.2, -0.15) is 0 Å².